The minimum absolute atomic E-state index is 0.144. The average molecular weight is 235 g/mol. The van der Waals surface area contributed by atoms with Gasteiger partial charge >= 0.3 is 6.05 Å². The maximum Gasteiger partial charge on any atom is 0.375 e. The van der Waals surface area contributed by atoms with Crippen LogP contribution in [0.4, 0.5) is 13.2 Å². The lowest BCUT2D eigenvalue weighted by atomic mass is 10.3. The Balaban J connectivity index is 2.62. The number of imidazole rings is 1. The number of fused-ring (bicyclic) bond motifs is 1. The van der Waals surface area contributed by atoms with Gasteiger partial charge in [-0.3, -0.25) is 4.57 Å². The van der Waals surface area contributed by atoms with E-state index in [0.29, 0.717) is 10.1 Å². The van der Waals surface area contributed by atoms with Crippen molar-refractivity contribution >= 4 is 22.6 Å². The lowest BCUT2D eigenvalue weighted by Gasteiger charge is -2.18. The summed E-state index contributed by atoms with van der Waals surface area (Å²) in [6.45, 7) is 0. The highest BCUT2D eigenvalue weighted by atomic mass is 35.5. The number of para-hydroxylation sites is 2. The summed E-state index contributed by atoms with van der Waals surface area (Å²) in [7, 11) is 0. The third-order valence-corrected chi connectivity index (χ3v) is 2.30. The fourth-order valence-corrected chi connectivity index (χ4v) is 1.41. The number of rotatable bonds is 2. The van der Waals surface area contributed by atoms with Gasteiger partial charge in [-0.1, -0.05) is 23.7 Å². The Bertz CT molecular complexity index is 481. The molecular formula is C9H6ClF3N2. The van der Waals surface area contributed by atoms with Crippen LogP contribution in [0.2, 0.25) is 0 Å². The van der Waals surface area contributed by atoms with E-state index in [2.05, 4.69) is 4.98 Å². The Morgan fingerprint density at radius 1 is 1.33 bits per heavy atom. The highest BCUT2D eigenvalue weighted by molar-refractivity contribution is 6.20. The maximum atomic E-state index is 13.3. The molecule has 0 saturated heterocycles. The molecule has 0 saturated carbocycles. The van der Waals surface area contributed by atoms with Crippen molar-refractivity contribution in [1.82, 2.24) is 9.55 Å². The first kappa shape index (κ1) is 10.3. The van der Waals surface area contributed by atoms with Crippen LogP contribution < -0.4 is 0 Å². The van der Waals surface area contributed by atoms with Crippen molar-refractivity contribution in [3.05, 3.63) is 30.6 Å². The summed E-state index contributed by atoms with van der Waals surface area (Å²) in [4.78, 5) is 3.72. The highest BCUT2D eigenvalue weighted by Crippen LogP contribution is 2.32. The molecule has 0 aliphatic heterocycles. The normalized spacial score (nSPS) is 14.4. The number of alkyl halides is 4. The average Bonchev–Trinajstić information content (AvgIpc) is 2.61. The Morgan fingerprint density at radius 2 is 2.00 bits per heavy atom. The quantitative estimate of drug-likeness (QED) is 0.730. The van der Waals surface area contributed by atoms with Gasteiger partial charge in [0.2, 0.25) is 0 Å². The molecule has 80 valence electrons. The first-order chi connectivity index (χ1) is 7.03. The summed E-state index contributed by atoms with van der Waals surface area (Å²) >= 11 is 4.80. The van der Waals surface area contributed by atoms with Crippen molar-refractivity contribution in [2.45, 2.75) is 11.7 Å². The molecule has 2 aromatic rings. The van der Waals surface area contributed by atoms with E-state index in [4.69, 9.17) is 11.6 Å². The highest BCUT2D eigenvalue weighted by Gasteiger charge is 2.41. The van der Waals surface area contributed by atoms with Gasteiger partial charge in [0.05, 0.1) is 11.0 Å². The summed E-state index contributed by atoms with van der Waals surface area (Å²) in [5.41, 5.74) is -2.27. The van der Waals surface area contributed by atoms with Crippen molar-refractivity contribution in [3.8, 4) is 0 Å². The topological polar surface area (TPSA) is 17.8 Å². The lowest BCUT2D eigenvalue weighted by molar-refractivity contribution is -0.112. The molecule has 6 heteroatoms. The molecule has 1 atom stereocenters. The van der Waals surface area contributed by atoms with E-state index < -0.39 is 11.7 Å². The predicted octanol–water partition coefficient (Wildman–Crippen LogP) is 3.12. The van der Waals surface area contributed by atoms with Gasteiger partial charge in [-0.25, -0.2) is 9.37 Å². The summed E-state index contributed by atoms with van der Waals surface area (Å²) < 4.78 is 39.5. The number of aromatic nitrogens is 2. The molecule has 2 rings (SSSR count). The Labute approximate surface area is 88.3 Å². The minimum Gasteiger partial charge on any atom is -0.267 e. The maximum absolute atomic E-state index is 13.3. The fraction of sp³-hybridized carbons (Fsp3) is 0.222. The molecule has 0 bridgehead atoms. The standard InChI is InChI=1S/C9H6ClF3N2/c10-8(11)9(12,13)15-5-14-6-3-1-2-4-7(6)15/h1-5,8H. The van der Waals surface area contributed by atoms with Crippen LogP contribution in [0.15, 0.2) is 30.6 Å². The van der Waals surface area contributed by atoms with Crippen LogP contribution in [0.3, 0.4) is 0 Å². The molecule has 0 fully saturated rings. The van der Waals surface area contributed by atoms with Crippen LogP contribution in [-0.2, 0) is 6.05 Å². The molecular weight excluding hydrogens is 229 g/mol. The second kappa shape index (κ2) is 3.41. The van der Waals surface area contributed by atoms with Crippen LogP contribution >= 0.6 is 11.6 Å². The smallest absolute Gasteiger partial charge is 0.267 e. The molecule has 0 spiro atoms. The molecule has 1 unspecified atom stereocenters. The number of hydrogen-bond acceptors (Lipinski definition) is 1. The molecule has 0 aliphatic rings. The van der Waals surface area contributed by atoms with Gasteiger partial charge < -0.3 is 0 Å². The van der Waals surface area contributed by atoms with Crippen molar-refractivity contribution in [2.75, 3.05) is 0 Å². The van der Waals surface area contributed by atoms with Gasteiger partial charge in [0.1, 0.15) is 6.33 Å². The van der Waals surface area contributed by atoms with Crippen molar-refractivity contribution in [3.63, 3.8) is 0 Å². The van der Waals surface area contributed by atoms with Crippen LogP contribution in [0, 0.1) is 0 Å². The molecule has 2 nitrogen and oxygen atoms in total. The molecule has 1 heterocycles. The first-order valence-corrected chi connectivity index (χ1v) is 4.55. The third kappa shape index (κ3) is 1.56. The summed E-state index contributed by atoms with van der Waals surface area (Å²) in [5.74, 6) is 0. The number of halogens is 4. The molecule has 0 N–H and O–H groups in total. The number of hydrogen-bond donors (Lipinski definition) is 0. The van der Waals surface area contributed by atoms with Gasteiger partial charge in [0.15, 0.2) is 0 Å². The Kier molecular flexibility index (Phi) is 2.34. The van der Waals surface area contributed by atoms with Crippen LogP contribution in [-0.4, -0.2) is 15.2 Å². The first-order valence-electron chi connectivity index (χ1n) is 4.12. The lowest BCUT2D eigenvalue weighted by Crippen LogP contribution is -2.29. The monoisotopic (exact) mass is 234 g/mol. The molecule has 1 aromatic heterocycles. The zero-order chi connectivity index (χ0) is 11.1. The van der Waals surface area contributed by atoms with Crippen LogP contribution in [0.25, 0.3) is 11.0 Å². The molecule has 0 radical (unpaired) electrons. The molecule has 0 amide bonds. The van der Waals surface area contributed by atoms with Crippen molar-refractivity contribution < 1.29 is 13.2 Å². The van der Waals surface area contributed by atoms with E-state index in [-0.39, 0.29) is 5.52 Å². The Morgan fingerprint density at radius 3 is 2.67 bits per heavy atom. The fourth-order valence-electron chi connectivity index (χ4n) is 1.30. The SMILES string of the molecule is FC(Cl)C(F)(F)n1cnc2ccccc21. The van der Waals surface area contributed by atoms with E-state index in [0.717, 1.165) is 6.33 Å². The predicted molar refractivity (Wildman–Crippen MR) is 50.7 cm³/mol. The van der Waals surface area contributed by atoms with Crippen LogP contribution in [0.5, 0.6) is 0 Å². The van der Waals surface area contributed by atoms with Gasteiger partial charge in [-0.15, -0.1) is 0 Å². The van der Waals surface area contributed by atoms with Crippen molar-refractivity contribution in [2.24, 2.45) is 0 Å². The van der Waals surface area contributed by atoms with Gasteiger partial charge in [0, 0.05) is 0 Å². The molecule has 15 heavy (non-hydrogen) atoms. The Hall–Kier alpha value is -1.23. The number of benzene rings is 1. The minimum atomic E-state index is -3.79. The number of nitrogens with zero attached hydrogens (tertiary/aromatic N) is 2. The molecule has 1 aromatic carbocycles. The second-order valence-electron chi connectivity index (χ2n) is 2.99. The molecule has 0 aliphatic carbocycles. The zero-order valence-electron chi connectivity index (χ0n) is 7.37. The summed E-state index contributed by atoms with van der Waals surface area (Å²) in [6.07, 6.45) is 0.875. The van der Waals surface area contributed by atoms with Gasteiger partial charge in [-0.2, -0.15) is 8.78 Å². The van der Waals surface area contributed by atoms with E-state index in [1.165, 1.54) is 6.07 Å². The third-order valence-electron chi connectivity index (χ3n) is 2.04. The van der Waals surface area contributed by atoms with E-state index in [1.807, 2.05) is 0 Å². The van der Waals surface area contributed by atoms with E-state index in [9.17, 15) is 13.2 Å². The summed E-state index contributed by atoms with van der Waals surface area (Å²) in [6, 6.07) is 2.42. The van der Waals surface area contributed by atoms with E-state index in [1.54, 1.807) is 18.2 Å². The zero-order valence-corrected chi connectivity index (χ0v) is 8.13. The second-order valence-corrected chi connectivity index (χ2v) is 3.37. The summed E-state index contributed by atoms with van der Waals surface area (Å²) in [5, 5.41) is 0. The van der Waals surface area contributed by atoms with Gasteiger partial charge in [-0.05, 0) is 12.1 Å². The van der Waals surface area contributed by atoms with Crippen molar-refractivity contribution in [1.29, 1.82) is 0 Å². The van der Waals surface area contributed by atoms with E-state index >= 15 is 0 Å². The van der Waals surface area contributed by atoms with Crippen LogP contribution in [0.1, 0.15) is 0 Å². The van der Waals surface area contributed by atoms with Gasteiger partial charge in [0.25, 0.3) is 5.63 Å². The largest absolute Gasteiger partial charge is 0.375 e.